The summed E-state index contributed by atoms with van der Waals surface area (Å²) in [5, 5.41) is 6.52. The molecule has 0 bridgehead atoms. The van der Waals surface area contributed by atoms with Crippen LogP contribution in [0, 0.1) is 18.8 Å². The molecule has 3 unspecified atom stereocenters. The molecule has 3 heteroatoms. The normalized spacial score (nSPS) is 24.9. The van der Waals surface area contributed by atoms with Crippen LogP contribution in [0.25, 0.3) is 0 Å². The van der Waals surface area contributed by atoms with Crippen LogP contribution >= 0.6 is 0 Å². The van der Waals surface area contributed by atoms with Gasteiger partial charge >= 0.3 is 0 Å². The molecule has 1 aliphatic carbocycles. The van der Waals surface area contributed by atoms with Gasteiger partial charge in [0, 0.05) is 23.8 Å². The number of rotatable bonds is 5. The van der Waals surface area contributed by atoms with Crippen LogP contribution in [-0.4, -0.2) is 18.5 Å². The molecule has 0 aromatic heterocycles. The highest BCUT2D eigenvalue weighted by atomic mass is 16.1. The van der Waals surface area contributed by atoms with E-state index in [-0.39, 0.29) is 5.91 Å². The summed E-state index contributed by atoms with van der Waals surface area (Å²) in [5.74, 6) is 1.41. The van der Waals surface area contributed by atoms with Crippen LogP contribution in [0.3, 0.4) is 0 Å². The van der Waals surface area contributed by atoms with Crippen molar-refractivity contribution in [3.05, 3.63) is 29.3 Å². The Bertz CT molecular complexity index is 498. The van der Waals surface area contributed by atoms with E-state index in [9.17, 15) is 4.79 Å². The van der Waals surface area contributed by atoms with Crippen LogP contribution in [-0.2, 0) is 0 Å². The first kappa shape index (κ1) is 15.9. The van der Waals surface area contributed by atoms with Crippen molar-refractivity contribution in [3.63, 3.8) is 0 Å². The van der Waals surface area contributed by atoms with Gasteiger partial charge in [-0.05, 0) is 62.3 Å². The molecule has 21 heavy (non-hydrogen) atoms. The van der Waals surface area contributed by atoms with Gasteiger partial charge in [0.1, 0.15) is 0 Å². The summed E-state index contributed by atoms with van der Waals surface area (Å²) in [7, 11) is 0. The summed E-state index contributed by atoms with van der Waals surface area (Å²) in [6, 6.07) is 6.29. The van der Waals surface area contributed by atoms with Crippen molar-refractivity contribution in [1.82, 2.24) is 5.32 Å². The molecule has 1 amide bonds. The Morgan fingerprint density at radius 3 is 2.62 bits per heavy atom. The van der Waals surface area contributed by atoms with E-state index in [1.807, 2.05) is 25.1 Å². The van der Waals surface area contributed by atoms with E-state index in [0.29, 0.717) is 12.0 Å². The first-order valence-corrected chi connectivity index (χ1v) is 8.22. The Morgan fingerprint density at radius 2 is 2.05 bits per heavy atom. The number of carbonyl (C=O) groups is 1. The first-order chi connectivity index (χ1) is 10.1. The van der Waals surface area contributed by atoms with E-state index in [0.717, 1.165) is 35.7 Å². The Morgan fingerprint density at radius 1 is 1.29 bits per heavy atom. The van der Waals surface area contributed by atoms with Crippen LogP contribution in [0.15, 0.2) is 18.2 Å². The highest BCUT2D eigenvalue weighted by molar-refractivity contribution is 5.96. The zero-order valence-electron chi connectivity index (χ0n) is 13.7. The minimum Gasteiger partial charge on any atom is -0.385 e. The van der Waals surface area contributed by atoms with Gasteiger partial charge in [-0.25, -0.2) is 0 Å². The van der Waals surface area contributed by atoms with Crippen LogP contribution in [0.2, 0.25) is 0 Å². The molecule has 0 aliphatic heterocycles. The third-order valence-corrected chi connectivity index (χ3v) is 4.92. The Labute approximate surface area is 128 Å². The minimum absolute atomic E-state index is 0.0733. The summed E-state index contributed by atoms with van der Waals surface area (Å²) in [4.78, 5) is 12.5. The fraction of sp³-hybridized carbons (Fsp3) is 0.611. The van der Waals surface area contributed by atoms with Crippen molar-refractivity contribution in [2.24, 2.45) is 11.8 Å². The topological polar surface area (TPSA) is 41.1 Å². The first-order valence-electron chi connectivity index (χ1n) is 8.22. The van der Waals surface area contributed by atoms with E-state index in [2.05, 4.69) is 31.4 Å². The van der Waals surface area contributed by atoms with Gasteiger partial charge in [-0.15, -0.1) is 0 Å². The molecule has 1 saturated carbocycles. The summed E-state index contributed by atoms with van der Waals surface area (Å²) >= 11 is 0. The molecule has 2 N–H and O–H groups in total. The van der Waals surface area contributed by atoms with Gasteiger partial charge in [-0.1, -0.05) is 20.3 Å². The summed E-state index contributed by atoms with van der Waals surface area (Å²) < 4.78 is 0. The average Bonchev–Trinajstić information content (AvgIpc) is 2.80. The van der Waals surface area contributed by atoms with E-state index >= 15 is 0 Å². The standard InChI is InChI=1S/C18H28N2O/c1-5-14-7-10-17(13(14)4)20-18(21)16-9-8-15(19-6-2)11-12(16)3/h8-9,11,13-14,17,19H,5-7,10H2,1-4H3,(H,20,21). The fourth-order valence-corrected chi connectivity index (χ4v) is 3.51. The molecule has 1 aromatic rings. The molecule has 1 fully saturated rings. The number of aryl methyl sites for hydroxylation is 1. The van der Waals surface area contributed by atoms with Crippen molar-refractivity contribution in [3.8, 4) is 0 Å². The number of benzene rings is 1. The molecule has 0 radical (unpaired) electrons. The quantitative estimate of drug-likeness (QED) is 0.860. The highest BCUT2D eigenvalue weighted by Crippen LogP contribution is 2.34. The lowest BCUT2D eigenvalue weighted by Gasteiger charge is -2.21. The lowest BCUT2D eigenvalue weighted by atomic mass is 9.93. The highest BCUT2D eigenvalue weighted by Gasteiger charge is 2.32. The number of carbonyl (C=O) groups excluding carboxylic acids is 1. The maximum atomic E-state index is 12.5. The van der Waals surface area contributed by atoms with Gasteiger partial charge in [0.05, 0.1) is 0 Å². The number of hydrogen-bond donors (Lipinski definition) is 2. The largest absolute Gasteiger partial charge is 0.385 e. The predicted molar refractivity (Wildman–Crippen MR) is 88.8 cm³/mol. The average molecular weight is 288 g/mol. The second-order valence-corrected chi connectivity index (χ2v) is 6.24. The van der Waals surface area contributed by atoms with Crippen molar-refractivity contribution < 1.29 is 4.79 Å². The lowest BCUT2D eigenvalue weighted by Crippen LogP contribution is -2.37. The fourth-order valence-electron chi connectivity index (χ4n) is 3.51. The zero-order valence-corrected chi connectivity index (χ0v) is 13.7. The number of anilines is 1. The Hall–Kier alpha value is -1.51. The molecular weight excluding hydrogens is 260 g/mol. The van der Waals surface area contributed by atoms with Gasteiger partial charge in [0.25, 0.3) is 5.91 Å². The molecular formula is C18H28N2O. The van der Waals surface area contributed by atoms with Crippen molar-refractivity contribution in [2.75, 3.05) is 11.9 Å². The molecule has 0 saturated heterocycles. The Kier molecular flexibility index (Phi) is 5.27. The molecule has 3 atom stereocenters. The molecule has 116 valence electrons. The van der Waals surface area contributed by atoms with Crippen LogP contribution in [0.4, 0.5) is 5.69 Å². The van der Waals surface area contributed by atoms with Gasteiger partial charge in [-0.3, -0.25) is 4.79 Å². The molecule has 0 spiro atoms. The maximum absolute atomic E-state index is 12.5. The molecule has 0 heterocycles. The predicted octanol–water partition coefficient (Wildman–Crippen LogP) is 3.98. The SMILES string of the molecule is CCNc1ccc(C(=O)NC2CCC(CC)C2C)c(C)c1. The zero-order chi connectivity index (χ0) is 15.4. The molecule has 2 rings (SSSR count). The summed E-state index contributed by atoms with van der Waals surface area (Å²) in [6.45, 7) is 9.48. The Balaban J connectivity index is 2.04. The summed E-state index contributed by atoms with van der Waals surface area (Å²) in [6.07, 6.45) is 3.56. The van der Waals surface area contributed by atoms with Crippen LogP contribution in [0.1, 0.15) is 56.0 Å². The van der Waals surface area contributed by atoms with Gasteiger partial charge in [-0.2, -0.15) is 0 Å². The van der Waals surface area contributed by atoms with E-state index in [1.54, 1.807) is 0 Å². The molecule has 3 nitrogen and oxygen atoms in total. The van der Waals surface area contributed by atoms with Crippen LogP contribution in [0.5, 0.6) is 0 Å². The smallest absolute Gasteiger partial charge is 0.251 e. The second-order valence-electron chi connectivity index (χ2n) is 6.24. The third kappa shape index (κ3) is 3.58. The molecule has 1 aliphatic rings. The van der Waals surface area contributed by atoms with Crippen molar-refractivity contribution >= 4 is 11.6 Å². The lowest BCUT2D eigenvalue weighted by molar-refractivity contribution is 0.0926. The number of amides is 1. The summed E-state index contributed by atoms with van der Waals surface area (Å²) in [5.41, 5.74) is 2.90. The van der Waals surface area contributed by atoms with Crippen molar-refractivity contribution in [2.45, 2.75) is 53.0 Å². The van der Waals surface area contributed by atoms with Crippen molar-refractivity contribution in [1.29, 1.82) is 0 Å². The van der Waals surface area contributed by atoms with E-state index < -0.39 is 0 Å². The van der Waals surface area contributed by atoms with Gasteiger partial charge in [0.15, 0.2) is 0 Å². The number of hydrogen-bond acceptors (Lipinski definition) is 2. The van der Waals surface area contributed by atoms with Crippen LogP contribution < -0.4 is 10.6 Å². The van der Waals surface area contributed by atoms with E-state index in [1.165, 1.54) is 12.8 Å². The van der Waals surface area contributed by atoms with Gasteiger partial charge in [0.2, 0.25) is 0 Å². The monoisotopic (exact) mass is 288 g/mol. The second kappa shape index (κ2) is 6.97. The molecule has 1 aromatic carbocycles. The number of nitrogens with one attached hydrogen (secondary N) is 2. The third-order valence-electron chi connectivity index (χ3n) is 4.92. The van der Waals surface area contributed by atoms with Gasteiger partial charge < -0.3 is 10.6 Å². The minimum atomic E-state index is 0.0733. The van der Waals surface area contributed by atoms with E-state index in [4.69, 9.17) is 0 Å². The maximum Gasteiger partial charge on any atom is 0.251 e.